The van der Waals surface area contributed by atoms with Crippen molar-refractivity contribution >= 4 is 33.3 Å². The first-order valence-electron chi connectivity index (χ1n) is 5.32. The van der Waals surface area contributed by atoms with Crippen LogP contribution in [-0.2, 0) is 0 Å². The molecule has 6 nitrogen and oxygen atoms in total. The number of hydrogen-bond donors (Lipinski definition) is 2. The number of anilines is 2. The van der Waals surface area contributed by atoms with E-state index in [1.54, 1.807) is 18.2 Å². The smallest absolute Gasteiger partial charge is 0.260 e. The molecule has 3 N–H and O–H groups in total. The van der Waals surface area contributed by atoms with Crippen molar-refractivity contribution in [2.45, 2.75) is 0 Å². The Morgan fingerprint density at radius 1 is 1.37 bits per heavy atom. The van der Waals surface area contributed by atoms with Crippen molar-refractivity contribution in [2.75, 3.05) is 18.2 Å². The third-order valence-electron chi connectivity index (χ3n) is 2.33. The first-order valence-corrected chi connectivity index (χ1v) is 6.12. The van der Waals surface area contributed by atoms with E-state index in [-0.39, 0.29) is 5.91 Å². The molecule has 0 saturated carbocycles. The summed E-state index contributed by atoms with van der Waals surface area (Å²) in [6.45, 7) is 0. The van der Waals surface area contributed by atoms with Crippen LogP contribution in [0.15, 0.2) is 35.2 Å². The van der Waals surface area contributed by atoms with Crippen LogP contribution >= 0.6 is 15.9 Å². The Balaban J connectivity index is 2.22. The molecule has 0 bridgehead atoms. The molecule has 0 aliphatic carbocycles. The van der Waals surface area contributed by atoms with E-state index in [4.69, 9.17) is 10.5 Å². The van der Waals surface area contributed by atoms with Crippen LogP contribution in [0.1, 0.15) is 10.4 Å². The number of ether oxygens (including phenoxy) is 1. The zero-order valence-electron chi connectivity index (χ0n) is 10.1. The maximum atomic E-state index is 12.1. The zero-order chi connectivity index (χ0) is 13.8. The number of rotatable bonds is 3. The van der Waals surface area contributed by atoms with Gasteiger partial charge in [0.1, 0.15) is 10.4 Å². The van der Waals surface area contributed by atoms with Crippen molar-refractivity contribution < 1.29 is 9.53 Å². The van der Waals surface area contributed by atoms with Crippen molar-refractivity contribution in [1.29, 1.82) is 0 Å². The highest BCUT2D eigenvalue weighted by Gasteiger charge is 2.13. The highest BCUT2D eigenvalue weighted by Crippen LogP contribution is 2.22. The Morgan fingerprint density at radius 2 is 2.16 bits per heavy atom. The lowest BCUT2D eigenvalue weighted by Gasteiger charge is -2.09. The second-order valence-electron chi connectivity index (χ2n) is 3.64. The summed E-state index contributed by atoms with van der Waals surface area (Å²) in [6.07, 6.45) is 2.95. The quantitative estimate of drug-likeness (QED) is 0.844. The number of nitrogen functional groups attached to an aromatic ring is 1. The van der Waals surface area contributed by atoms with E-state index >= 15 is 0 Å². The molecule has 0 spiro atoms. The van der Waals surface area contributed by atoms with Crippen molar-refractivity contribution in [3.63, 3.8) is 0 Å². The Morgan fingerprint density at radius 3 is 2.79 bits per heavy atom. The third-order valence-corrected chi connectivity index (χ3v) is 2.74. The van der Waals surface area contributed by atoms with Crippen molar-refractivity contribution in [2.24, 2.45) is 0 Å². The van der Waals surface area contributed by atoms with Crippen LogP contribution in [-0.4, -0.2) is 23.0 Å². The van der Waals surface area contributed by atoms with Gasteiger partial charge in [0.15, 0.2) is 5.82 Å². The predicted molar refractivity (Wildman–Crippen MR) is 75.1 cm³/mol. The predicted octanol–water partition coefficient (Wildman–Crippen LogP) is 2.08. The second-order valence-corrected chi connectivity index (χ2v) is 4.45. The van der Waals surface area contributed by atoms with Crippen LogP contribution in [0.4, 0.5) is 11.5 Å². The number of carbonyl (C=O) groups is 1. The molecule has 98 valence electrons. The van der Waals surface area contributed by atoms with Gasteiger partial charge in [-0.05, 0) is 28.1 Å². The maximum absolute atomic E-state index is 12.1. The number of hydrogen-bond acceptors (Lipinski definition) is 5. The summed E-state index contributed by atoms with van der Waals surface area (Å²) in [6, 6.07) is 4.81. The Kier molecular flexibility index (Phi) is 3.96. The first kappa shape index (κ1) is 13.3. The van der Waals surface area contributed by atoms with Gasteiger partial charge in [-0.1, -0.05) is 0 Å². The van der Waals surface area contributed by atoms with Crippen LogP contribution in [0.3, 0.4) is 0 Å². The van der Waals surface area contributed by atoms with Crippen LogP contribution in [0.2, 0.25) is 0 Å². The molecule has 1 aromatic heterocycles. The number of amides is 1. The molecule has 0 saturated heterocycles. The molecule has 0 aliphatic heterocycles. The highest BCUT2D eigenvalue weighted by atomic mass is 79.9. The lowest BCUT2D eigenvalue weighted by Crippen LogP contribution is -2.14. The Hall–Kier alpha value is -2.15. The van der Waals surface area contributed by atoms with Gasteiger partial charge in [0.25, 0.3) is 5.91 Å². The molecule has 2 aromatic rings. The van der Waals surface area contributed by atoms with Crippen molar-refractivity contribution in [1.82, 2.24) is 9.97 Å². The molecule has 0 atom stereocenters. The summed E-state index contributed by atoms with van der Waals surface area (Å²) in [4.78, 5) is 20.1. The number of nitrogens with one attached hydrogen (secondary N) is 1. The summed E-state index contributed by atoms with van der Waals surface area (Å²) in [5.41, 5.74) is 6.53. The fraction of sp³-hybridized carbons (Fsp3) is 0.0833. The van der Waals surface area contributed by atoms with E-state index in [2.05, 4.69) is 31.2 Å². The number of nitrogens with two attached hydrogens (primary N) is 1. The number of carbonyl (C=O) groups excluding carboxylic acids is 1. The van der Waals surface area contributed by atoms with E-state index in [1.807, 2.05) is 0 Å². The van der Waals surface area contributed by atoms with Crippen LogP contribution in [0.25, 0.3) is 0 Å². The first-order chi connectivity index (χ1) is 9.10. The van der Waals surface area contributed by atoms with Crippen molar-refractivity contribution in [3.05, 3.63) is 40.8 Å². The van der Waals surface area contributed by atoms with Gasteiger partial charge in [0.05, 0.1) is 25.1 Å². The number of nitrogens with zero attached hydrogens (tertiary/aromatic N) is 2. The molecular weight excluding hydrogens is 312 g/mol. The van der Waals surface area contributed by atoms with E-state index in [9.17, 15) is 4.79 Å². The van der Waals surface area contributed by atoms with Gasteiger partial charge in [0, 0.05) is 11.8 Å². The standard InChI is InChI=1S/C12H11BrN4O2/c1-19-9-4-7(14)2-3-8(9)12(18)17-11-6-15-10(13)5-16-11/h2-6H,14H2,1H3,(H,16,17,18). The number of benzene rings is 1. The van der Waals surface area contributed by atoms with Gasteiger partial charge in [-0.25, -0.2) is 9.97 Å². The molecule has 2 rings (SSSR count). The number of aromatic nitrogens is 2. The van der Waals surface area contributed by atoms with E-state index in [0.717, 1.165) is 0 Å². The van der Waals surface area contributed by atoms with Crippen molar-refractivity contribution in [3.8, 4) is 5.75 Å². The molecule has 1 heterocycles. The summed E-state index contributed by atoms with van der Waals surface area (Å²) in [7, 11) is 1.48. The highest BCUT2D eigenvalue weighted by molar-refractivity contribution is 9.10. The zero-order valence-corrected chi connectivity index (χ0v) is 11.6. The fourth-order valence-electron chi connectivity index (χ4n) is 1.46. The molecule has 7 heteroatoms. The molecule has 1 aromatic carbocycles. The molecule has 19 heavy (non-hydrogen) atoms. The summed E-state index contributed by atoms with van der Waals surface area (Å²) in [5.74, 6) is 0.420. The van der Waals surface area contributed by atoms with Gasteiger partial charge in [-0.3, -0.25) is 4.79 Å². The van der Waals surface area contributed by atoms with E-state index in [0.29, 0.717) is 27.4 Å². The normalized spacial score (nSPS) is 10.0. The maximum Gasteiger partial charge on any atom is 0.260 e. The summed E-state index contributed by atoms with van der Waals surface area (Å²) < 4.78 is 5.71. The SMILES string of the molecule is COc1cc(N)ccc1C(=O)Nc1cnc(Br)cn1. The minimum Gasteiger partial charge on any atom is -0.496 e. The van der Waals surface area contributed by atoms with Crippen LogP contribution in [0, 0.1) is 0 Å². The average molecular weight is 323 g/mol. The van der Waals surface area contributed by atoms with Gasteiger partial charge in [-0.15, -0.1) is 0 Å². The average Bonchev–Trinajstić information content (AvgIpc) is 2.41. The van der Waals surface area contributed by atoms with Gasteiger partial charge >= 0.3 is 0 Å². The van der Waals surface area contributed by atoms with Crippen LogP contribution < -0.4 is 15.8 Å². The lowest BCUT2D eigenvalue weighted by molar-refractivity contribution is 0.102. The largest absolute Gasteiger partial charge is 0.496 e. The monoisotopic (exact) mass is 322 g/mol. The molecule has 1 amide bonds. The minimum absolute atomic E-state index is 0.339. The fourth-order valence-corrected chi connectivity index (χ4v) is 1.66. The Bertz CT molecular complexity index is 601. The topological polar surface area (TPSA) is 90.1 Å². The Labute approximate surface area is 118 Å². The molecule has 0 aliphatic rings. The molecular formula is C12H11BrN4O2. The molecule has 0 fully saturated rings. The number of methoxy groups -OCH3 is 1. The second kappa shape index (κ2) is 5.66. The third kappa shape index (κ3) is 3.19. The summed E-state index contributed by atoms with van der Waals surface area (Å²) in [5, 5.41) is 2.63. The van der Waals surface area contributed by atoms with Gasteiger partial charge in [0.2, 0.25) is 0 Å². The van der Waals surface area contributed by atoms with Gasteiger partial charge in [-0.2, -0.15) is 0 Å². The number of halogens is 1. The van der Waals surface area contributed by atoms with Gasteiger partial charge < -0.3 is 15.8 Å². The van der Waals surface area contributed by atoms with Crippen LogP contribution in [0.5, 0.6) is 5.75 Å². The minimum atomic E-state index is -0.339. The lowest BCUT2D eigenvalue weighted by atomic mass is 10.1. The molecule has 0 unspecified atom stereocenters. The van der Waals surface area contributed by atoms with E-state index < -0.39 is 0 Å². The van der Waals surface area contributed by atoms with E-state index in [1.165, 1.54) is 19.5 Å². The summed E-state index contributed by atoms with van der Waals surface area (Å²) >= 11 is 3.17. The molecule has 0 radical (unpaired) electrons.